The summed E-state index contributed by atoms with van der Waals surface area (Å²) in [6, 6.07) is 5.04. The fourth-order valence-corrected chi connectivity index (χ4v) is 4.26. The molecule has 2 rings (SSSR count). The van der Waals surface area contributed by atoms with Crippen LogP contribution in [0.3, 0.4) is 0 Å². The molecule has 0 bridgehead atoms. The zero-order valence-corrected chi connectivity index (χ0v) is 12.9. The van der Waals surface area contributed by atoms with Gasteiger partial charge in [0, 0.05) is 18.0 Å². The van der Waals surface area contributed by atoms with E-state index in [0.29, 0.717) is 24.4 Å². The summed E-state index contributed by atoms with van der Waals surface area (Å²) >= 11 is 0. The van der Waals surface area contributed by atoms with Gasteiger partial charge in [0.2, 0.25) is 5.91 Å². The van der Waals surface area contributed by atoms with Gasteiger partial charge in [0.15, 0.2) is 9.84 Å². The van der Waals surface area contributed by atoms with Gasteiger partial charge in [-0.15, -0.1) is 0 Å². The SMILES string of the molecule is Cc1cc(N)ccc1NC(=O)CS(=O)(=O)C1CCOC1C. The van der Waals surface area contributed by atoms with Crippen molar-refractivity contribution >= 4 is 27.1 Å². The second-order valence-corrected chi connectivity index (χ2v) is 7.55. The second-order valence-electron chi connectivity index (χ2n) is 5.33. The smallest absolute Gasteiger partial charge is 0.239 e. The third-order valence-electron chi connectivity index (χ3n) is 3.62. The van der Waals surface area contributed by atoms with Crippen LogP contribution in [0.2, 0.25) is 0 Å². The highest BCUT2D eigenvalue weighted by Crippen LogP contribution is 2.22. The molecule has 1 aromatic carbocycles. The number of carbonyl (C=O) groups excluding carboxylic acids is 1. The van der Waals surface area contributed by atoms with E-state index >= 15 is 0 Å². The summed E-state index contributed by atoms with van der Waals surface area (Å²) in [6.45, 7) is 3.94. The van der Waals surface area contributed by atoms with Crippen molar-refractivity contribution in [2.24, 2.45) is 0 Å². The van der Waals surface area contributed by atoms with E-state index < -0.39 is 26.7 Å². The predicted octanol–water partition coefficient (Wildman–Crippen LogP) is 1.11. The lowest BCUT2D eigenvalue weighted by Gasteiger charge is -2.15. The van der Waals surface area contributed by atoms with Crippen LogP contribution < -0.4 is 11.1 Å². The standard InChI is InChI=1S/C14H20N2O4S/c1-9-7-11(15)3-4-12(9)16-14(17)8-21(18,19)13-5-6-20-10(13)2/h3-4,7,10,13H,5-6,8,15H2,1-2H3,(H,16,17). The third-order valence-corrected chi connectivity index (χ3v) is 5.83. The lowest BCUT2D eigenvalue weighted by molar-refractivity contribution is -0.113. The lowest BCUT2D eigenvalue weighted by atomic mass is 10.2. The first-order chi connectivity index (χ1) is 9.79. The maximum Gasteiger partial charge on any atom is 0.239 e. The van der Waals surface area contributed by atoms with Gasteiger partial charge < -0.3 is 15.8 Å². The van der Waals surface area contributed by atoms with Gasteiger partial charge in [-0.2, -0.15) is 0 Å². The molecule has 1 saturated heterocycles. The van der Waals surface area contributed by atoms with E-state index in [2.05, 4.69) is 5.32 Å². The van der Waals surface area contributed by atoms with Crippen LogP contribution in [-0.2, 0) is 19.4 Å². The minimum atomic E-state index is -3.51. The molecular formula is C14H20N2O4S. The molecule has 1 aliphatic rings. The van der Waals surface area contributed by atoms with Crippen LogP contribution >= 0.6 is 0 Å². The molecule has 0 saturated carbocycles. The highest BCUT2D eigenvalue weighted by Gasteiger charge is 2.36. The minimum absolute atomic E-state index is 0.360. The number of rotatable bonds is 4. The molecule has 0 radical (unpaired) electrons. The fourth-order valence-electron chi connectivity index (χ4n) is 2.49. The van der Waals surface area contributed by atoms with Crippen LogP contribution in [-0.4, -0.2) is 38.0 Å². The van der Waals surface area contributed by atoms with Gasteiger partial charge in [-0.05, 0) is 44.0 Å². The van der Waals surface area contributed by atoms with Crippen molar-refractivity contribution in [3.8, 4) is 0 Å². The molecule has 116 valence electrons. The quantitative estimate of drug-likeness (QED) is 0.811. The third kappa shape index (κ3) is 3.74. The molecule has 0 aromatic heterocycles. The Kier molecular flexibility index (Phi) is 4.53. The van der Waals surface area contributed by atoms with Crippen molar-refractivity contribution < 1.29 is 17.9 Å². The second kappa shape index (κ2) is 6.03. The molecule has 1 fully saturated rings. The molecule has 2 unspecified atom stereocenters. The molecule has 1 amide bonds. The van der Waals surface area contributed by atoms with E-state index in [-0.39, 0.29) is 6.10 Å². The molecule has 1 heterocycles. The summed E-state index contributed by atoms with van der Waals surface area (Å²) in [5, 5.41) is 2.02. The predicted molar refractivity (Wildman–Crippen MR) is 81.8 cm³/mol. The maximum absolute atomic E-state index is 12.2. The summed E-state index contributed by atoms with van der Waals surface area (Å²) < 4.78 is 29.7. The van der Waals surface area contributed by atoms with Gasteiger partial charge in [0.05, 0.1) is 11.4 Å². The number of carbonyl (C=O) groups is 1. The van der Waals surface area contributed by atoms with E-state index in [1.54, 1.807) is 32.0 Å². The number of ether oxygens (including phenoxy) is 1. The molecular weight excluding hydrogens is 292 g/mol. The van der Waals surface area contributed by atoms with Gasteiger partial charge in [-0.3, -0.25) is 4.79 Å². The Morgan fingerprint density at radius 1 is 1.48 bits per heavy atom. The number of amides is 1. The normalized spacial score (nSPS) is 22.2. The Hall–Kier alpha value is -1.60. The Morgan fingerprint density at radius 2 is 2.19 bits per heavy atom. The van der Waals surface area contributed by atoms with Crippen LogP contribution in [0, 0.1) is 6.92 Å². The molecule has 1 aromatic rings. The number of nitrogens with two attached hydrogens (primary N) is 1. The molecule has 21 heavy (non-hydrogen) atoms. The molecule has 7 heteroatoms. The number of nitrogen functional groups attached to an aromatic ring is 1. The first kappa shape index (κ1) is 15.8. The van der Waals surface area contributed by atoms with Crippen LogP contribution in [0.25, 0.3) is 0 Å². The Bertz CT molecular complexity index is 642. The summed E-state index contributed by atoms with van der Waals surface area (Å²) in [5.74, 6) is -1.07. The number of sulfone groups is 1. The Balaban J connectivity index is 2.04. The van der Waals surface area contributed by atoms with Gasteiger partial charge in [0.1, 0.15) is 5.75 Å². The number of nitrogens with one attached hydrogen (secondary N) is 1. The van der Waals surface area contributed by atoms with E-state index in [0.717, 1.165) is 5.56 Å². The van der Waals surface area contributed by atoms with Gasteiger partial charge in [-0.1, -0.05) is 0 Å². The molecule has 3 N–H and O–H groups in total. The first-order valence-electron chi connectivity index (χ1n) is 6.79. The molecule has 0 spiro atoms. The van der Waals surface area contributed by atoms with E-state index in [1.807, 2.05) is 0 Å². The van der Waals surface area contributed by atoms with Crippen LogP contribution in [0.1, 0.15) is 18.9 Å². The highest BCUT2D eigenvalue weighted by molar-refractivity contribution is 7.92. The van der Waals surface area contributed by atoms with Crippen molar-refractivity contribution in [2.45, 2.75) is 31.6 Å². The largest absolute Gasteiger partial charge is 0.399 e. The summed E-state index contributed by atoms with van der Waals surface area (Å²) in [5.41, 5.74) is 7.59. The van der Waals surface area contributed by atoms with Crippen molar-refractivity contribution in [3.63, 3.8) is 0 Å². The van der Waals surface area contributed by atoms with Gasteiger partial charge >= 0.3 is 0 Å². The van der Waals surface area contributed by atoms with Gasteiger partial charge in [-0.25, -0.2) is 8.42 Å². The number of hydrogen-bond acceptors (Lipinski definition) is 5. The number of anilines is 2. The van der Waals surface area contributed by atoms with Crippen molar-refractivity contribution in [1.29, 1.82) is 0 Å². The summed E-state index contributed by atoms with van der Waals surface area (Å²) in [7, 11) is -3.51. The Labute approximate surface area is 124 Å². The zero-order valence-electron chi connectivity index (χ0n) is 12.1. The minimum Gasteiger partial charge on any atom is -0.399 e. The number of hydrogen-bond donors (Lipinski definition) is 2. The van der Waals surface area contributed by atoms with Crippen LogP contribution in [0.5, 0.6) is 0 Å². The van der Waals surface area contributed by atoms with Crippen LogP contribution in [0.15, 0.2) is 18.2 Å². The number of aryl methyl sites for hydroxylation is 1. The average Bonchev–Trinajstić information content (AvgIpc) is 2.79. The molecule has 6 nitrogen and oxygen atoms in total. The molecule has 2 atom stereocenters. The summed E-state index contributed by atoms with van der Waals surface area (Å²) in [6.07, 6.45) is 0.0820. The van der Waals surface area contributed by atoms with Crippen molar-refractivity contribution in [1.82, 2.24) is 0 Å². The summed E-state index contributed by atoms with van der Waals surface area (Å²) in [4.78, 5) is 12.0. The number of benzene rings is 1. The first-order valence-corrected chi connectivity index (χ1v) is 8.50. The van der Waals surface area contributed by atoms with E-state index in [1.165, 1.54) is 0 Å². The fraction of sp³-hybridized carbons (Fsp3) is 0.500. The van der Waals surface area contributed by atoms with Crippen LogP contribution in [0.4, 0.5) is 11.4 Å². The molecule has 0 aliphatic carbocycles. The average molecular weight is 312 g/mol. The van der Waals surface area contributed by atoms with Gasteiger partial charge in [0.25, 0.3) is 0 Å². The van der Waals surface area contributed by atoms with E-state index in [9.17, 15) is 13.2 Å². The highest BCUT2D eigenvalue weighted by atomic mass is 32.2. The zero-order chi connectivity index (χ0) is 15.6. The monoisotopic (exact) mass is 312 g/mol. The molecule has 1 aliphatic heterocycles. The maximum atomic E-state index is 12.2. The topological polar surface area (TPSA) is 98.5 Å². The lowest BCUT2D eigenvalue weighted by Crippen LogP contribution is -2.34. The van der Waals surface area contributed by atoms with Crippen molar-refractivity contribution in [2.75, 3.05) is 23.4 Å². The Morgan fingerprint density at radius 3 is 2.76 bits per heavy atom. The van der Waals surface area contributed by atoms with Crippen molar-refractivity contribution in [3.05, 3.63) is 23.8 Å². The van der Waals surface area contributed by atoms with E-state index in [4.69, 9.17) is 10.5 Å².